The second-order valence-corrected chi connectivity index (χ2v) is 4.35. The number of hydrogen-bond donors (Lipinski definition) is 1. The van der Waals surface area contributed by atoms with Crippen molar-refractivity contribution in [3.8, 4) is 0 Å². The Labute approximate surface area is 127 Å². The minimum absolute atomic E-state index is 0. The van der Waals surface area contributed by atoms with Gasteiger partial charge in [-0.25, -0.2) is 8.78 Å². The predicted octanol–water partition coefficient (Wildman–Crippen LogP) is 2.22. The van der Waals surface area contributed by atoms with Crippen molar-refractivity contribution in [3.05, 3.63) is 47.6 Å². The molecule has 0 aliphatic carbocycles. The van der Waals surface area contributed by atoms with Crippen LogP contribution in [0.15, 0.2) is 34.9 Å². The minimum atomic E-state index is -2.42. The fourth-order valence-corrected chi connectivity index (χ4v) is 1.86. The highest BCUT2D eigenvalue weighted by Gasteiger charge is 2.16. The molecule has 0 aliphatic rings. The van der Waals surface area contributed by atoms with Gasteiger partial charge in [0.15, 0.2) is 5.82 Å². The van der Waals surface area contributed by atoms with Crippen LogP contribution in [0.3, 0.4) is 0 Å². The summed E-state index contributed by atoms with van der Waals surface area (Å²) in [6.45, 7) is 0.391. The van der Waals surface area contributed by atoms with E-state index in [2.05, 4.69) is 10.1 Å². The molecule has 2 rings (SSSR count). The maximum atomic E-state index is 12.6. The largest absolute Gasteiger partial charge is 0.338 e. The molecule has 1 aromatic carbocycles. The highest BCUT2D eigenvalue weighted by atomic mass is 35.5. The van der Waals surface area contributed by atoms with Gasteiger partial charge in [-0.2, -0.15) is 4.98 Å². The summed E-state index contributed by atoms with van der Waals surface area (Å²) in [5.41, 5.74) is 6.32. The lowest BCUT2D eigenvalue weighted by Crippen LogP contribution is -2.28. The Morgan fingerprint density at radius 3 is 2.48 bits per heavy atom. The van der Waals surface area contributed by atoms with Crippen molar-refractivity contribution in [2.45, 2.75) is 26.1 Å². The molecule has 0 atom stereocenters. The molecule has 2 N–H and O–H groups in total. The average molecular weight is 319 g/mol. The van der Waals surface area contributed by atoms with Gasteiger partial charge in [0.25, 0.3) is 6.43 Å². The summed E-state index contributed by atoms with van der Waals surface area (Å²) in [5.74, 6) is 0.665. The van der Waals surface area contributed by atoms with E-state index < -0.39 is 6.43 Å². The fraction of sp³-hybridized carbons (Fsp3) is 0.385. The third-order valence-electron chi connectivity index (χ3n) is 2.70. The van der Waals surface area contributed by atoms with E-state index in [4.69, 9.17) is 10.3 Å². The number of rotatable bonds is 7. The van der Waals surface area contributed by atoms with Crippen LogP contribution in [0.25, 0.3) is 0 Å². The first-order chi connectivity index (χ1) is 9.67. The topological polar surface area (TPSA) is 68.2 Å². The molecule has 0 radical (unpaired) electrons. The van der Waals surface area contributed by atoms with Crippen LogP contribution < -0.4 is 5.73 Å². The zero-order valence-corrected chi connectivity index (χ0v) is 12.1. The van der Waals surface area contributed by atoms with Crippen LogP contribution >= 0.6 is 12.4 Å². The number of nitrogens with zero attached hydrogens (tertiary/aromatic N) is 3. The van der Waals surface area contributed by atoms with E-state index in [-0.39, 0.29) is 32.0 Å². The van der Waals surface area contributed by atoms with Crippen molar-refractivity contribution in [2.24, 2.45) is 5.73 Å². The van der Waals surface area contributed by atoms with Gasteiger partial charge in [0, 0.05) is 6.54 Å². The van der Waals surface area contributed by atoms with E-state index in [9.17, 15) is 8.78 Å². The van der Waals surface area contributed by atoms with Crippen molar-refractivity contribution < 1.29 is 13.3 Å². The van der Waals surface area contributed by atoms with E-state index in [1.54, 1.807) is 4.90 Å². The third-order valence-corrected chi connectivity index (χ3v) is 2.70. The second kappa shape index (κ2) is 8.66. The number of nitrogens with two attached hydrogens (primary N) is 1. The molecule has 0 bridgehead atoms. The quantitative estimate of drug-likeness (QED) is 0.847. The van der Waals surface area contributed by atoms with Crippen molar-refractivity contribution in [3.63, 3.8) is 0 Å². The Hall–Kier alpha value is -1.57. The Morgan fingerprint density at radius 2 is 1.90 bits per heavy atom. The van der Waals surface area contributed by atoms with E-state index in [0.717, 1.165) is 5.56 Å². The molecule has 0 saturated heterocycles. The smallest absolute Gasteiger partial charge is 0.251 e. The summed E-state index contributed by atoms with van der Waals surface area (Å²) in [6.07, 6.45) is -2.42. The summed E-state index contributed by atoms with van der Waals surface area (Å²) >= 11 is 0. The zero-order chi connectivity index (χ0) is 14.4. The van der Waals surface area contributed by atoms with Crippen LogP contribution in [0.1, 0.15) is 17.3 Å². The van der Waals surface area contributed by atoms with Gasteiger partial charge in [-0.05, 0) is 5.56 Å². The zero-order valence-electron chi connectivity index (χ0n) is 11.3. The lowest BCUT2D eigenvalue weighted by Gasteiger charge is -2.20. The maximum Gasteiger partial charge on any atom is 0.251 e. The number of halogens is 3. The second-order valence-electron chi connectivity index (χ2n) is 4.35. The Kier molecular flexibility index (Phi) is 7.21. The molecule has 5 nitrogen and oxygen atoms in total. The lowest BCUT2D eigenvalue weighted by atomic mass is 10.2. The number of hydrogen-bond acceptors (Lipinski definition) is 5. The standard InChI is InChI=1S/C13H16F2N4O.ClH/c14-11(15)8-19(7-10-4-2-1-3-5-10)9-12-17-13(6-16)20-18-12;/h1-5,11H,6-9,16H2;1H. The minimum Gasteiger partial charge on any atom is -0.338 e. The molecule has 0 unspecified atom stereocenters. The first-order valence-corrected chi connectivity index (χ1v) is 6.23. The predicted molar refractivity (Wildman–Crippen MR) is 76.0 cm³/mol. The Bertz CT molecular complexity index is 524. The summed E-state index contributed by atoms with van der Waals surface area (Å²) < 4.78 is 30.1. The molecule has 116 valence electrons. The van der Waals surface area contributed by atoms with Gasteiger partial charge in [-0.3, -0.25) is 4.90 Å². The number of alkyl halides is 2. The Balaban J connectivity index is 0.00000220. The molecule has 0 fully saturated rings. The van der Waals surface area contributed by atoms with Crippen LogP contribution in [-0.2, 0) is 19.6 Å². The molecular formula is C13H17ClF2N4O. The molecule has 1 heterocycles. The van der Waals surface area contributed by atoms with Crippen LogP contribution in [0.5, 0.6) is 0 Å². The van der Waals surface area contributed by atoms with Gasteiger partial charge in [0.1, 0.15) is 0 Å². The monoisotopic (exact) mass is 318 g/mol. The maximum absolute atomic E-state index is 12.6. The van der Waals surface area contributed by atoms with Crippen molar-refractivity contribution in [1.29, 1.82) is 0 Å². The lowest BCUT2D eigenvalue weighted by molar-refractivity contribution is 0.0792. The van der Waals surface area contributed by atoms with E-state index in [1.165, 1.54) is 0 Å². The van der Waals surface area contributed by atoms with Gasteiger partial charge in [0.05, 0.1) is 19.6 Å². The molecule has 0 amide bonds. The summed E-state index contributed by atoms with van der Waals surface area (Å²) in [4.78, 5) is 5.60. The molecule has 0 saturated carbocycles. The SMILES string of the molecule is Cl.NCc1nc(CN(Cc2ccccc2)CC(F)F)no1. The van der Waals surface area contributed by atoms with Crippen LogP contribution in [0.2, 0.25) is 0 Å². The Morgan fingerprint density at radius 1 is 1.19 bits per heavy atom. The van der Waals surface area contributed by atoms with E-state index >= 15 is 0 Å². The van der Waals surface area contributed by atoms with Crippen molar-refractivity contribution in [2.75, 3.05) is 6.54 Å². The first kappa shape index (κ1) is 17.5. The molecule has 8 heteroatoms. The molecule has 1 aromatic heterocycles. The van der Waals surface area contributed by atoms with Crippen molar-refractivity contribution >= 4 is 12.4 Å². The van der Waals surface area contributed by atoms with Crippen LogP contribution in [-0.4, -0.2) is 28.0 Å². The highest BCUT2D eigenvalue weighted by Crippen LogP contribution is 2.10. The van der Waals surface area contributed by atoms with E-state index in [1.807, 2.05) is 30.3 Å². The summed E-state index contributed by atoms with van der Waals surface area (Å²) in [7, 11) is 0. The first-order valence-electron chi connectivity index (χ1n) is 6.23. The number of benzene rings is 1. The van der Waals surface area contributed by atoms with Gasteiger partial charge in [0.2, 0.25) is 5.89 Å². The fourth-order valence-electron chi connectivity index (χ4n) is 1.86. The average Bonchev–Trinajstić information content (AvgIpc) is 2.87. The summed E-state index contributed by atoms with van der Waals surface area (Å²) in [6, 6.07) is 9.40. The molecule has 2 aromatic rings. The highest BCUT2D eigenvalue weighted by molar-refractivity contribution is 5.85. The van der Waals surface area contributed by atoms with Gasteiger partial charge >= 0.3 is 0 Å². The molecular weight excluding hydrogens is 302 g/mol. The normalized spacial score (nSPS) is 10.9. The number of aromatic nitrogens is 2. The third kappa shape index (κ3) is 5.74. The summed E-state index contributed by atoms with van der Waals surface area (Å²) in [5, 5.41) is 3.72. The molecule has 0 aliphatic heterocycles. The molecule has 21 heavy (non-hydrogen) atoms. The van der Waals surface area contributed by atoms with Gasteiger partial charge in [-0.1, -0.05) is 35.5 Å². The van der Waals surface area contributed by atoms with E-state index in [0.29, 0.717) is 18.3 Å². The molecule has 0 spiro atoms. The van der Waals surface area contributed by atoms with Crippen LogP contribution in [0.4, 0.5) is 8.78 Å². The van der Waals surface area contributed by atoms with Crippen LogP contribution in [0, 0.1) is 0 Å². The van der Waals surface area contributed by atoms with Gasteiger partial charge < -0.3 is 10.3 Å². The van der Waals surface area contributed by atoms with Crippen molar-refractivity contribution in [1.82, 2.24) is 15.0 Å². The van der Waals surface area contributed by atoms with Gasteiger partial charge in [-0.15, -0.1) is 12.4 Å².